The van der Waals surface area contributed by atoms with Crippen molar-refractivity contribution in [3.8, 4) is 11.5 Å². The molecule has 2 rings (SSSR count). The predicted molar refractivity (Wildman–Crippen MR) is 66.0 cm³/mol. The molecule has 1 heterocycles. The van der Waals surface area contributed by atoms with Crippen molar-refractivity contribution in [2.24, 2.45) is 0 Å². The number of phenols is 2. The Morgan fingerprint density at radius 1 is 1.12 bits per heavy atom. The molecule has 17 heavy (non-hydrogen) atoms. The number of hydrogen-bond donors (Lipinski definition) is 2. The van der Waals surface area contributed by atoms with Gasteiger partial charge < -0.3 is 14.6 Å². The molecule has 0 aliphatic rings. The van der Waals surface area contributed by atoms with Gasteiger partial charge in [-0.25, -0.2) is 0 Å². The van der Waals surface area contributed by atoms with E-state index in [0.29, 0.717) is 0 Å². The van der Waals surface area contributed by atoms with Gasteiger partial charge in [-0.05, 0) is 12.1 Å². The Balaban J connectivity index is 3.01. The molecule has 2 N–H and O–H groups in total. The second-order valence-electron chi connectivity index (χ2n) is 3.45. The highest BCUT2D eigenvalue weighted by atomic mass is 16.3. The van der Waals surface area contributed by atoms with Crippen LogP contribution in [0.1, 0.15) is 11.3 Å². The fraction of sp³-hybridized carbons (Fsp3) is 0. The first-order valence-corrected chi connectivity index (χ1v) is 4.86. The van der Waals surface area contributed by atoms with Crippen LogP contribution < -0.4 is 5.43 Å². The molecular weight excluding hydrogens is 220 g/mol. The van der Waals surface area contributed by atoms with Gasteiger partial charge in [-0.1, -0.05) is 19.2 Å². The molecule has 0 aliphatic heterocycles. The molecular formula is C13H10O4. The van der Waals surface area contributed by atoms with Crippen LogP contribution in [0.15, 0.2) is 34.5 Å². The van der Waals surface area contributed by atoms with Crippen molar-refractivity contribution in [2.45, 2.75) is 0 Å². The fourth-order valence-corrected chi connectivity index (χ4v) is 1.59. The average Bonchev–Trinajstić information content (AvgIpc) is 2.31. The van der Waals surface area contributed by atoms with Crippen LogP contribution in [0.25, 0.3) is 23.1 Å². The molecule has 86 valence electrons. The Bertz CT molecular complexity index is 680. The Hall–Kier alpha value is -2.49. The third-order valence-electron chi connectivity index (χ3n) is 2.44. The standard InChI is InChI=1S/C13H10O4/c1-3-7-11(4-2)17-12-6-10(15)9(14)5-8(12)13(7)16/h3-6,14-15H,1-2H2. The molecule has 0 unspecified atom stereocenters. The van der Waals surface area contributed by atoms with Crippen molar-refractivity contribution in [3.63, 3.8) is 0 Å². The summed E-state index contributed by atoms with van der Waals surface area (Å²) in [6.07, 6.45) is 2.76. The van der Waals surface area contributed by atoms with Crippen molar-refractivity contribution < 1.29 is 14.6 Å². The molecule has 4 nitrogen and oxygen atoms in total. The quantitative estimate of drug-likeness (QED) is 0.777. The highest BCUT2D eigenvalue weighted by Gasteiger charge is 2.12. The fourth-order valence-electron chi connectivity index (χ4n) is 1.59. The van der Waals surface area contributed by atoms with Crippen LogP contribution in [-0.2, 0) is 0 Å². The van der Waals surface area contributed by atoms with Gasteiger partial charge in [-0.15, -0.1) is 0 Å². The third-order valence-corrected chi connectivity index (χ3v) is 2.44. The van der Waals surface area contributed by atoms with Crippen LogP contribution in [0.2, 0.25) is 0 Å². The van der Waals surface area contributed by atoms with E-state index in [1.165, 1.54) is 18.2 Å². The first-order chi connectivity index (χ1) is 8.08. The summed E-state index contributed by atoms with van der Waals surface area (Å²) in [5.41, 5.74) is 0.134. The normalized spacial score (nSPS) is 10.4. The largest absolute Gasteiger partial charge is 0.504 e. The lowest BCUT2D eigenvalue weighted by atomic mass is 10.1. The molecule has 1 aromatic carbocycles. The molecule has 0 saturated heterocycles. The Morgan fingerprint density at radius 3 is 2.35 bits per heavy atom. The van der Waals surface area contributed by atoms with E-state index in [0.717, 1.165) is 6.07 Å². The molecule has 0 aliphatic carbocycles. The van der Waals surface area contributed by atoms with Gasteiger partial charge in [0, 0.05) is 6.07 Å². The van der Waals surface area contributed by atoms with Crippen LogP contribution in [-0.4, -0.2) is 10.2 Å². The zero-order valence-electron chi connectivity index (χ0n) is 8.93. The summed E-state index contributed by atoms with van der Waals surface area (Å²) in [5.74, 6) is -0.434. The summed E-state index contributed by atoms with van der Waals surface area (Å²) in [6.45, 7) is 7.06. The number of benzene rings is 1. The molecule has 0 amide bonds. The van der Waals surface area contributed by atoms with E-state index in [4.69, 9.17) is 4.42 Å². The number of fused-ring (bicyclic) bond motifs is 1. The van der Waals surface area contributed by atoms with E-state index >= 15 is 0 Å². The minimum atomic E-state index is -0.369. The summed E-state index contributed by atoms with van der Waals surface area (Å²) in [5, 5.41) is 18.9. The minimum Gasteiger partial charge on any atom is -0.504 e. The van der Waals surface area contributed by atoms with E-state index in [1.54, 1.807) is 0 Å². The van der Waals surface area contributed by atoms with Gasteiger partial charge >= 0.3 is 0 Å². The summed E-state index contributed by atoms with van der Waals surface area (Å²) >= 11 is 0. The summed E-state index contributed by atoms with van der Waals surface area (Å²) in [7, 11) is 0. The van der Waals surface area contributed by atoms with Gasteiger partial charge in [0.05, 0.1) is 10.9 Å². The molecule has 1 aromatic heterocycles. The second kappa shape index (κ2) is 3.83. The lowest BCUT2D eigenvalue weighted by Gasteiger charge is -2.04. The number of aromatic hydroxyl groups is 2. The monoisotopic (exact) mass is 230 g/mol. The van der Waals surface area contributed by atoms with Gasteiger partial charge in [-0.2, -0.15) is 0 Å². The highest BCUT2D eigenvalue weighted by molar-refractivity contribution is 5.83. The Kier molecular flexibility index (Phi) is 2.48. The van der Waals surface area contributed by atoms with E-state index in [9.17, 15) is 15.0 Å². The van der Waals surface area contributed by atoms with Crippen LogP contribution in [0, 0.1) is 0 Å². The number of rotatable bonds is 2. The van der Waals surface area contributed by atoms with Crippen LogP contribution in [0.3, 0.4) is 0 Å². The van der Waals surface area contributed by atoms with Crippen molar-refractivity contribution in [1.29, 1.82) is 0 Å². The third kappa shape index (κ3) is 1.59. The van der Waals surface area contributed by atoms with Crippen molar-refractivity contribution in [1.82, 2.24) is 0 Å². The van der Waals surface area contributed by atoms with Crippen molar-refractivity contribution in [2.75, 3.05) is 0 Å². The second-order valence-corrected chi connectivity index (χ2v) is 3.45. The SMILES string of the molecule is C=Cc1oc2cc(O)c(O)cc2c(=O)c1C=C. The van der Waals surface area contributed by atoms with Gasteiger partial charge in [0.15, 0.2) is 11.5 Å². The van der Waals surface area contributed by atoms with Gasteiger partial charge in [-0.3, -0.25) is 4.79 Å². The predicted octanol–water partition coefficient (Wildman–Crippen LogP) is 2.49. The lowest BCUT2D eigenvalue weighted by molar-refractivity contribution is 0.403. The minimum absolute atomic E-state index is 0.181. The highest BCUT2D eigenvalue weighted by Crippen LogP contribution is 2.30. The van der Waals surface area contributed by atoms with Gasteiger partial charge in [0.25, 0.3) is 0 Å². The molecule has 0 atom stereocenters. The van der Waals surface area contributed by atoms with Gasteiger partial charge in [0.2, 0.25) is 5.43 Å². The Morgan fingerprint density at radius 2 is 1.76 bits per heavy atom. The molecule has 4 heteroatoms. The number of hydrogen-bond acceptors (Lipinski definition) is 4. The van der Waals surface area contributed by atoms with Crippen LogP contribution in [0.4, 0.5) is 0 Å². The summed E-state index contributed by atoms with van der Waals surface area (Å²) < 4.78 is 5.39. The average molecular weight is 230 g/mol. The Labute approximate surface area is 96.7 Å². The first-order valence-electron chi connectivity index (χ1n) is 4.86. The van der Waals surface area contributed by atoms with Crippen LogP contribution in [0.5, 0.6) is 11.5 Å². The zero-order valence-corrected chi connectivity index (χ0v) is 8.93. The van der Waals surface area contributed by atoms with Crippen LogP contribution >= 0.6 is 0 Å². The smallest absolute Gasteiger partial charge is 0.200 e. The van der Waals surface area contributed by atoms with Gasteiger partial charge in [0.1, 0.15) is 11.3 Å². The summed E-state index contributed by atoms with van der Waals surface area (Å²) in [4.78, 5) is 12.0. The van der Waals surface area contributed by atoms with Crippen molar-refractivity contribution >= 4 is 23.1 Å². The van der Waals surface area contributed by atoms with E-state index in [1.807, 2.05) is 0 Å². The molecule has 0 bridgehead atoms. The molecule has 0 spiro atoms. The number of phenolic OH excluding ortho intramolecular Hbond substituents is 2. The van der Waals surface area contributed by atoms with E-state index in [2.05, 4.69) is 13.2 Å². The summed E-state index contributed by atoms with van der Waals surface area (Å²) in [6, 6.07) is 2.35. The maximum Gasteiger partial charge on any atom is 0.200 e. The van der Waals surface area contributed by atoms with Crippen molar-refractivity contribution in [3.05, 3.63) is 46.8 Å². The topological polar surface area (TPSA) is 70.7 Å². The molecule has 2 aromatic rings. The molecule has 0 radical (unpaired) electrons. The maximum absolute atomic E-state index is 12.0. The zero-order chi connectivity index (χ0) is 12.6. The maximum atomic E-state index is 12.0. The van der Waals surface area contributed by atoms with E-state index < -0.39 is 0 Å². The van der Waals surface area contributed by atoms with E-state index in [-0.39, 0.29) is 39.2 Å². The first kappa shape index (κ1) is 11.0. The lowest BCUT2D eigenvalue weighted by Crippen LogP contribution is -2.07. The molecule has 0 saturated carbocycles. The molecule has 0 fully saturated rings.